The average Bonchev–Trinajstić information content (AvgIpc) is 2.47. The monoisotopic (exact) mass is 322 g/mol. The molecule has 0 aromatic heterocycles. The summed E-state index contributed by atoms with van der Waals surface area (Å²) >= 11 is 0. The zero-order valence-corrected chi connectivity index (χ0v) is 13.6. The lowest BCUT2D eigenvalue weighted by Crippen LogP contribution is -2.30. The lowest BCUT2D eigenvalue weighted by atomic mass is 10.0. The molecule has 0 radical (unpaired) electrons. The molecule has 0 N–H and O–H groups in total. The van der Waals surface area contributed by atoms with Gasteiger partial charge in [0.05, 0.1) is 15.2 Å². The van der Waals surface area contributed by atoms with Gasteiger partial charge in [-0.15, -0.1) is 0 Å². The summed E-state index contributed by atoms with van der Waals surface area (Å²) < 4.78 is 26.9. The van der Waals surface area contributed by atoms with Gasteiger partial charge in [-0.05, 0) is 23.9 Å². The van der Waals surface area contributed by atoms with E-state index in [9.17, 15) is 18.5 Å². The Kier molecular flexibility index (Phi) is 4.48. The van der Waals surface area contributed by atoms with Crippen molar-refractivity contribution in [3.8, 4) is 0 Å². The molecule has 0 bridgehead atoms. The van der Waals surface area contributed by atoms with Gasteiger partial charge in [0, 0.05) is 19.2 Å². The summed E-state index contributed by atoms with van der Waals surface area (Å²) in [5, 5.41) is 12.1. The number of aryl methyl sites for hydroxylation is 1. The SMILES string of the molecule is CCN(CC)S(=O)(=O)c1ccc(C)c2cccc([N+](=O)[O-])c12. The topological polar surface area (TPSA) is 80.5 Å². The first kappa shape index (κ1) is 16.4. The first-order valence-corrected chi connectivity index (χ1v) is 8.45. The van der Waals surface area contributed by atoms with E-state index in [1.54, 1.807) is 39.0 Å². The first-order valence-electron chi connectivity index (χ1n) is 7.01. The second kappa shape index (κ2) is 6.02. The molecule has 2 aromatic rings. The Labute approximate surface area is 129 Å². The minimum atomic E-state index is -3.77. The van der Waals surface area contributed by atoms with Gasteiger partial charge in [0.15, 0.2) is 0 Å². The Balaban J connectivity index is 2.92. The van der Waals surface area contributed by atoms with Crippen LogP contribution in [0.3, 0.4) is 0 Å². The molecule has 0 amide bonds. The van der Waals surface area contributed by atoms with Gasteiger partial charge in [-0.2, -0.15) is 4.31 Å². The van der Waals surface area contributed by atoms with Crippen LogP contribution in [-0.2, 0) is 10.0 Å². The van der Waals surface area contributed by atoms with Crippen molar-refractivity contribution in [2.24, 2.45) is 0 Å². The molecule has 6 nitrogen and oxygen atoms in total. The second-order valence-corrected chi connectivity index (χ2v) is 6.83. The molecule has 0 aliphatic carbocycles. The molecule has 0 heterocycles. The standard InChI is InChI=1S/C15H18N2O4S/c1-4-16(5-2)22(20,21)14-10-9-11(3)12-7-6-8-13(15(12)14)17(18)19/h6-10H,4-5H2,1-3H3. The number of hydrogen-bond acceptors (Lipinski definition) is 4. The van der Waals surface area contributed by atoms with E-state index in [0.29, 0.717) is 18.5 Å². The largest absolute Gasteiger partial charge is 0.278 e. The van der Waals surface area contributed by atoms with Crippen molar-refractivity contribution in [3.05, 3.63) is 46.0 Å². The molecule has 0 unspecified atom stereocenters. The lowest BCUT2D eigenvalue weighted by molar-refractivity contribution is -0.383. The van der Waals surface area contributed by atoms with Crippen molar-refractivity contribution in [1.29, 1.82) is 0 Å². The zero-order chi connectivity index (χ0) is 16.5. The number of hydrogen-bond donors (Lipinski definition) is 0. The number of sulfonamides is 1. The van der Waals surface area contributed by atoms with Crippen molar-refractivity contribution >= 4 is 26.5 Å². The maximum atomic E-state index is 12.8. The van der Waals surface area contributed by atoms with E-state index in [0.717, 1.165) is 5.56 Å². The minimum absolute atomic E-state index is 0.0101. The van der Waals surface area contributed by atoms with Gasteiger partial charge < -0.3 is 0 Å². The molecule has 2 rings (SSSR count). The van der Waals surface area contributed by atoms with Crippen molar-refractivity contribution in [1.82, 2.24) is 4.31 Å². The van der Waals surface area contributed by atoms with Gasteiger partial charge in [0.1, 0.15) is 0 Å². The molecule has 0 saturated heterocycles. The number of fused-ring (bicyclic) bond motifs is 1. The quantitative estimate of drug-likeness (QED) is 0.626. The normalized spacial score (nSPS) is 12.0. The molecular weight excluding hydrogens is 304 g/mol. The molecule has 0 saturated carbocycles. The number of non-ortho nitro benzene ring substituents is 1. The molecular formula is C15H18N2O4S. The maximum absolute atomic E-state index is 12.8. The van der Waals surface area contributed by atoms with Gasteiger partial charge in [-0.1, -0.05) is 32.0 Å². The van der Waals surface area contributed by atoms with Gasteiger partial charge >= 0.3 is 0 Å². The molecule has 22 heavy (non-hydrogen) atoms. The van der Waals surface area contributed by atoms with Crippen LogP contribution in [0.5, 0.6) is 0 Å². The summed E-state index contributed by atoms with van der Waals surface area (Å²) in [6.45, 7) is 5.92. The van der Waals surface area contributed by atoms with Crippen molar-refractivity contribution in [3.63, 3.8) is 0 Å². The van der Waals surface area contributed by atoms with Gasteiger partial charge in [0.2, 0.25) is 10.0 Å². The van der Waals surface area contributed by atoms with E-state index in [1.165, 1.54) is 16.4 Å². The van der Waals surface area contributed by atoms with E-state index < -0.39 is 14.9 Å². The summed E-state index contributed by atoms with van der Waals surface area (Å²) in [5.41, 5.74) is 0.615. The molecule has 118 valence electrons. The third-order valence-corrected chi connectivity index (χ3v) is 5.81. The van der Waals surface area contributed by atoms with Crippen molar-refractivity contribution in [2.75, 3.05) is 13.1 Å². The van der Waals surface area contributed by atoms with E-state index in [2.05, 4.69) is 0 Å². The van der Waals surface area contributed by atoms with E-state index in [1.807, 2.05) is 0 Å². The molecule has 0 atom stereocenters. The lowest BCUT2D eigenvalue weighted by Gasteiger charge is -2.20. The Bertz CT molecular complexity index is 827. The van der Waals surface area contributed by atoms with Gasteiger partial charge in [-0.25, -0.2) is 8.42 Å². The van der Waals surface area contributed by atoms with Crippen molar-refractivity contribution in [2.45, 2.75) is 25.7 Å². The van der Waals surface area contributed by atoms with Crippen LogP contribution in [0.2, 0.25) is 0 Å². The number of benzene rings is 2. The number of nitrogens with zero attached hydrogens (tertiary/aromatic N) is 2. The van der Waals surface area contributed by atoms with Crippen LogP contribution < -0.4 is 0 Å². The van der Waals surface area contributed by atoms with E-state index in [-0.39, 0.29) is 16.0 Å². The van der Waals surface area contributed by atoms with Crippen LogP contribution in [0.4, 0.5) is 5.69 Å². The number of rotatable bonds is 5. The Morgan fingerprint density at radius 2 is 1.77 bits per heavy atom. The maximum Gasteiger partial charge on any atom is 0.278 e. The number of nitro groups is 1. The third-order valence-electron chi connectivity index (χ3n) is 3.72. The van der Waals surface area contributed by atoms with Crippen molar-refractivity contribution < 1.29 is 13.3 Å². The Morgan fingerprint density at radius 3 is 2.32 bits per heavy atom. The Morgan fingerprint density at radius 1 is 1.14 bits per heavy atom. The summed E-state index contributed by atoms with van der Waals surface area (Å²) in [6, 6.07) is 7.75. The molecule has 2 aromatic carbocycles. The minimum Gasteiger partial charge on any atom is -0.258 e. The van der Waals surface area contributed by atoms with Crippen LogP contribution in [0, 0.1) is 17.0 Å². The number of nitro benzene ring substituents is 1. The average molecular weight is 322 g/mol. The zero-order valence-electron chi connectivity index (χ0n) is 12.7. The van der Waals surface area contributed by atoms with Crippen LogP contribution in [0.25, 0.3) is 10.8 Å². The highest BCUT2D eigenvalue weighted by Gasteiger charge is 2.28. The molecule has 0 spiro atoms. The molecule has 0 fully saturated rings. The fraction of sp³-hybridized carbons (Fsp3) is 0.333. The van der Waals surface area contributed by atoms with Crippen LogP contribution in [-0.4, -0.2) is 30.7 Å². The highest BCUT2D eigenvalue weighted by atomic mass is 32.2. The first-order chi connectivity index (χ1) is 10.3. The highest BCUT2D eigenvalue weighted by molar-refractivity contribution is 7.89. The third kappa shape index (κ3) is 2.57. The predicted molar refractivity (Wildman–Crippen MR) is 85.4 cm³/mol. The van der Waals surface area contributed by atoms with Gasteiger partial charge in [-0.3, -0.25) is 10.1 Å². The van der Waals surface area contributed by atoms with Crippen LogP contribution in [0.15, 0.2) is 35.2 Å². The molecule has 0 aliphatic rings. The van der Waals surface area contributed by atoms with E-state index >= 15 is 0 Å². The molecule has 7 heteroatoms. The van der Waals surface area contributed by atoms with E-state index in [4.69, 9.17) is 0 Å². The van der Waals surface area contributed by atoms with Crippen LogP contribution in [0.1, 0.15) is 19.4 Å². The Hall–Kier alpha value is -1.99. The fourth-order valence-electron chi connectivity index (χ4n) is 2.57. The smallest absolute Gasteiger partial charge is 0.258 e. The van der Waals surface area contributed by atoms with Gasteiger partial charge in [0.25, 0.3) is 5.69 Å². The molecule has 0 aliphatic heterocycles. The summed E-state index contributed by atoms with van der Waals surface area (Å²) in [6.07, 6.45) is 0. The summed E-state index contributed by atoms with van der Waals surface area (Å²) in [7, 11) is -3.77. The summed E-state index contributed by atoms with van der Waals surface area (Å²) in [4.78, 5) is 10.8. The predicted octanol–water partition coefficient (Wildman–Crippen LogP) is 3.09. The fourth-order valence-corrected chi connectivity index (χ4v) is 4.24. The highest BCUT2D eigenvalue weighted by Crippen LogP contribution is 2.34. The van der Waals surface area contributed by atoms with Crippen LogP contribution >= 0.6 is 0 Å². The second-order valence-electron chi connectivity index (χ2n) is 4.93. The summed E-state index contributed by atoms with van der Waals surface area (Å²) in [5.74, 6) is 0.